The molecule has 29 heavy (non-hydrogen) atoms. The fourth-order valence-electron chi connectivity index (χ4n) is 3.70. The van der Waals surface area contributed by atoms with E-state index in [1.54, 1.807) is 11.0 Å². The Balaban J connectivity index is 1.68. The van der Waals surface area contributed by atoms with Crippen molar-refractivity contribution in [2.45, 2.75) is 32.8 Å². The zero-order chi connectivity index (χ0) is 21.1. The van der Waals surface area contributed by atoms with Crippen molar-refractivity contribution in [3.8, 4) is 5.75 Å². The Bertz CT molecular complexity index is 869. The second-order valence-electron chi connectivity index (χ2n) is 7.67. The Morgan fingerprint density at radius 1 is 1.21 bits per heavy atom. The Morgan fingerprint density at radius 2 is 1.86 bits per heavy atom. The van der Waals surface area contributed by atoms with Crippen molar-refractivity contribution < 1.29 is 23.8 Å². The van der Waals surface area contributed by atoms with Crippen LogP contribution in [0.5, 0.6) is 5.75 Å². The summed E-state index contributed by atoms with van der Waals surface area (Å²) in [5.41, 5.74) is -0.172. The van der Waals surface area contributed by atoms with Crippen LogP contribution in [0.3, 0.4) is 0 Å². The quantitative estimate of drug-likeness (QED) is 0.801. The van der Waals surface area contributed by atoms with Gasteiger partial charge in [0, 0.05) is 30.4 Å². The Morgan fingerprint density at radius 3 is 2.41 bits per heavy atom. The molecule has 3 atom stereocenters. The van der Waals surface area contributed by atoms with E-state index in [1.807, 2.05) is 13.8 Å². The molecular formula is C20H23ClFN3O4. The van der Waals surface area contributed by atoms with E-state index in [2.05, 4.69) is 5.10 Å². The minimum atomic E-state index is -1.18. The highest BCUT2D eigenvalue weighted by Crippen LogP contribution is 2.27. The molecule has 1 aromatic heterocycles. The molecule has 0 saturated carbocycles. The Kier molecular flexibility index (Phi) is 6.42. The molecule has 0 bridgehead atoms. The van der Waals surface area contributed by atoms with Gasteiger partial charge < -0.3 is 14.7 Å². The number of carbonyl (C=O) groups is 2. The molecule has 1 unspecified atom stereocenters. The monoisotopic (exact) mass is 423 g/mol. The number of carbonyl (C=O) groups excluding carboxylic acids is 1. The molecule has 1 saturated heterocycles. The topological polar surface area (TPSA) is 84.7 Å². The number of likely N-dealkylation sites (tertiary alicyclic amines) is 1. The van der Waals surface area contributed by atoms with Gasteiger partial charge in [-0.3, -0.25) is 0 Å². The van der Waals surface area contributed by atoms with Crippen molar-refractivity contribution in [2.75, 3.05) is 13.1 Å². The summed E-state index contributed by atoms with van der Waals surface area (Å²) in [6, 6.07) is 5.07. The summed E-state index contributed by atoms with van der Waals surface area (Å²) in [6.45, 7) is 4.98. The van der Waals surface area contributed by atoms with Crippen LogP contribution >= 0.6 is 11.6 Å². The molecule has 1 amide bonds. The summed E-state index contributed by atoms with van der Waals surface area (Å²) in [6.07, 6.45) is 2.60. The Labute approximate surface area is 173 Å². The lowest BCUT2D eigenvalue weighted by Crippen LogP contribution is -2.44. The molecule has 3 rings (SSSR count). The summed E-state index contributed by atoms with van der Waals surface area (Å²) >= 11 is 5.91. The van der Waals surface area contributed by atoms with Gasteiger partial charge in [0.2, 0.25) is 0 Å². The lowest BCUT2D eigenvalue weighted by molar-refractivity contribution is 0.0689. The third-order valence-electron chi connectivity index (χ3n) is 4.81. The van der Waals surface area contributed by atoms with E-state index < -0.39 is 11.8 Å². The molecule has 1 N–H and O–H groups in total. The van der Waals surface area contributed by atoms with Crippen LogP contribution in [0.1, 0.15) is 37.2 Å². The van der Waals surface area contributed by atoms with Gasteiger partial charge in [-0.15, -0.1) is 0 Å². The maximum atomic E-state index is 13.6. The fourth-order valence-corrected chi connectivity index (χ4v) is 3.91. The van der Waals surface area contributed by atoms with Crippen molar-refractivity contribution in [1.29, 1.82) is 0 Å². The van der Waals surface area contributed by atoms with E-state index in [0.717, 1.165) is 4.68 Å². The van der Waals surface area contributed by atoms with Crippen LogP contribution in [0, 0.1) is 17.7 Å². The van der Waals surface area contributed by atoms with Crippen molar-refractivity contribution in [3.63, 3.8) is 0 Å². The largest absolute Gasteiger partial charge is 0.490 e. The summed E-state index contributed by atoms with van der Waals surface area (Å²) in [5, 5.41) is 13.1. The first-order valence-electron chi connectivity index (χ1n) is 9.42. The highest BCUT2D eigenvalue weighted by molar-refractivity contribution is 6.30. The maximum Gasteiger partial charge on any atom is 0.356 e. The van der Waals surface area contributed by atoms with E-state index >= 15 is 0 Å². The highest BCUT2D eigenvalue weighted by Gasteiger charge is 2.28. The van der Waals surface area contributed by atoms with Gasteiger partial charge in [0.05, 0.1) is 6.10 Å². The van der Waals surface area contributed by atoms with Crippen LogP contribution in [-0.4, -0.2) is 51.0 Å². The van der Waals surface area contributed by atoms with Crippen LogP contribution in [0.2, 0.25) is 5.02 Å². The summed E-state index contributed by atoms with van der Waals surface area (Å²) < 4.78 is 20.6. The molecular weight excluding hydrogens is 401 g/mol. The molecule has 1 aliphatic rings. The molecule has 0 radical (unpaired) electrons. The third kappa shape index (κ3) is 5.47. The summed E-state index contributed by atoms with van der Waals surface area (Å²) in [4.78, 5) is 25.5. The minimum Gasteiger partial charge on any atom is -0.490 e. The molecule has 0 aliphatic carbocycles. The maximum absolute atomic E-state index is 13.6. The standard InChI is InChI=1S/C20H23ClFN3O4/c1-12-5-16(29-17-8-14(21)7-15(22)9-17)6-13(2)11-24(10-12)20(28)25-4-3-18(23-25)19(26)27/h3-4,7-9,12-13,16H,5-6,10-11H2,1-2H3,(H,26,27)/t12-,13+,16?. The number of aromatic carboxylic acids is 1. The predicted molar refractivity (Wildman–Crippen MR) is 105 cm³/mol. The lowest BCUT2D eigenvalue weighted by atomic mass is 9.92. The molecule has 2 heterocycles. The molecule has 1 fully saturated rings. The average molecular weight is 424 g/mol. The van der Waals surface area contributed by atoms with Gasteiger partial charge in [-0.1, -0.05) is 25.4 Å². The smallest absolute Gasteiger partial charge is 0.356 e. The number of benzene rings is 1. The number of carboxylic acids is 1. The van der Waals surface area contributed by atoms with Crippen LogP contribution in [0.15, 0.2) is 30.5 Å². The Hall–Kier alpha value is -2.61. The molecule has 1 aliphatic heterocycles. The van der Waals surface area contributed by atoms with Crippen LogP contribution in [0.25, 0.3) is 0 Å². The molecule has 9 heteroatoms. The molecule has 156 valence electrons. The van der Waals surface area contributed by atoms with Crippen LogP contribution < -0.4 is 4.74 Å². The van der Waals surface area contributed by atoms with E-state index in [1.165, 1.54) is 24.4 Å². The van der Waals surface area contributed by atoms with Gasteiger partial charge in [-0.25, -0.2) is 14.0 Å². The van der Waals surface area contributed by atoms with Gasteiger partial charge in [0.25, 0.3) is 0 Å². The SMILES string of the molecule is C[C@@H]1CC(Oc2cc(F)cc(Cl)c2)C[C@H](C)CN(C(=O)n2ccc(C(=O)O)n2)C1. The summed E-state index contributed by atoms with van der Waals surface area (Å²) in [5.74, 6) is -0.991. The van der Waals surface area contributed by atoms with Gasteiger partial charge in [0.15, 0.2) is 5.69 Å². The third-order valence-corrected chi connectivity index (χ3v) is 5.03. The van der Waals surface area contributed by atoms with E-state index in [4.69, 9.17) is 21.4 Å². The highest BCUT2D eigenvalue weighted by atomic mass is 35.5. The fraction of sp³-hybridized carbons (Fsp3) is 0.450. The number of carboxylic acid groups (broad SMARTS) is 1. The second kappa shape index (κ2) is 8.82. The van der Waals surface area contributed by atoms with Crippen molar-refractivity contribution in [2.24, 2.45) is 11.8 Å². The number of nitrogens with zero attached hydrogens (tertiary/aromatic N) is 3. The number of amides is 1. The van der Waals surface area contributed by atoms with Gasteiger partial charge in [0.1, 0.15) is 11.6 Å². The first-order chi connectivity index (χ1) is 13.7. The van der Waals surface area contributed by atoms with Crippen molar-refractivity contribution in [3.05, 3.63) is 47.0 Å². The molecule has 7 nitrogen and oxygen atoms in total. The normalized spacial score (nSPS) is 22.6. The van der Waals surface area contributed by atoms with E-state index in [0.29, 0.717) is 31.7 Å². The number of ether oxygens (including phenoxy) is 1. The second-order valence-corrected chi connectivity index (χ2v) is 8.10. The minimum absolute atomic E-state index is 0.120. The van der Waals surface area contributed by atoms with Crippen LogP contribution in [-0.2, 0) is 0 Å². The zero-order valence-electron chi connectivity index (χ0n) is 16.2. The summed E-state index contributed by atoms with van der Waals surface area (Å²) in [7, 11) is 0. The van der Waals surface area contributed by atoms with Gasteiger partial charge in [-0.2, -0.15) is 9.78 Å². The van der Waals surface area contributed by atoms with E-state index in [9.17, 15) is 14.0 Å². The van der Waals surface area contributed by atoms with Crippen molar-refractivity contribution >= 4 is 23.6 Å². The first-order valence-corrected chi connectivity index (χ1v) is 9.80. The number of hydrogen-bond acceptors (Lipinski definition) is 4. The number of hydrogen-bond donors (Lipinski definition) is 1. The average Bonchev–Trinajstić information content (AvgIpc) is 3.08. The number of rotatable bonds is 3. The van der Waals surface area contributed by atoms with E-state index in [-0.39, 0.29) is 34.7 Å². The van der Waals surface area contributed by atoms with Gasteiger partial charge in [-0.05, 0) is 42.9 Å². The molecule has 0 spiro atoms. The zero-order valence-corrected chi connectivity index (χ0v) is 17.0. The predicted octanol–water partition coefficient (Wildman–Crippen LogP) is 4.16. The number of aromatic nitrogens is 2. The lowest BCUT2D eigenvalue weighted by Gasteiger charge is -2.34. The molecule has 2 aromatic rings. The number of halogens is 2. The molecule has 1 aromatic carbocycles. The van der Waals surface area contributed by atoms with Gasteiger partial charge >= 0.3 is 12.0 Å². The van der Waals surface area contributed by atoms with Crippen molar-refractivity contribution in [1.82, 2.24) is 14.7 Å². The van der Waals surface area contributed by atoms with Crippen LogP contribution in [0.4, 0.5) is 9.18 Å². The first kappa shape index (κ1) is 21.1.